The van der Waals surface area contributed by atoms with Crippen molar-refractivity contribution in [2.24, 2.45) is 5.92 Å². The molecule has 2 rings (SSSR count). The molecule has 1 amide bonds. The molecule has 0 atom stereocenters. The number of nitrogens with zero attached hydrogens (tertiary/aromatic N) is 1. The Morgan fingerprint density at radius 3 is 2.35 bits per heavy atom. The summed E-state index contributed by atoms with van der Waals surface area (Å²) >= 11 is 0. The molecule has 4 heteroatoms. The first kappa shape index (κ1) is 14.6. The van der Waals surface area contributed by atoms with Gasteiger partial charge in [0.25, 0.3) is 0 Å². The van der Waals surface area contributed by atoms with E-state index in [1.54, 1.807) is 0 Å². The Balaban J connectivity index is 2.11. The molecule has 0 bridgehead atoms. The fourth-order valence-corrected chi connectivity index (χ4v) is 2.76. The first-order valence-corrected chi connectivity index (χ1v) is 7.15. The molecule has 1 aromatic carbocycles. The molecule has 108 valence electrons. The zero-order valence-corrected chi connectivity index (χ0v) is 11.8. The first-order valence-electron chi connectivity index (χ1n) is 7.15. The van der Waals surface area contributed by atoms with Gasteiger partial charge in [0.15, 0.2) is 0 Å². The van der Waals surface area contributed by atoms with Crippen molar-refractivity contribution in [3.63, 3.8) is 0 Å². The summed E-state index contributed by atoms with van der Waals surface area (Å²) in [4.78, 5) is 24.8. The van der Waals surface area contributed by atoms with Crippen LogP contribution < -0.4 is 4.90 Å². The van der Waals surface area contributed by atoms with E-state index in [1.807, 2.05) is 31.2 Å². The second kappa shape index (κ2) is 6.55. The first-order chi connectivity index (χ1) is 9.56. The summed E-state index contributed by atoms with van der Waals surface area (Å²) in [7, 11) is 0. The zero-order chi connectivity index (χ0) is 14.5. The molecule has 1 saturated carbocycles. The van der Waals surface area contributed by atoms with Crippen molar-refractivity contribution in [2.45, 2.75) is 39.0 Å². The van der Waals surface area contributed by atoms with Gasteiger partial charge in [0, 0.05) is 12.1 Å². The van der Waals surface area contributed by atoms with Crippen LogP contribution in [0, 0.1) is 12.8 Å². The molecule has 1 fully saturated rings. The number of carbonyl (C=O) groups excluding carboxylic acids is 1. The third kappa shape index (κ3) is 3.83. The summed E-state index contributed by atoms with van der Waals surface area (Å²) in [6, 6.07) is 7.41. The lowest BCUT2D eigenvalue weighted by Crippen LogP contribution is -2.36. The summed E-state index contributed by atoms with van der Waals surface area (Å²) < 4.78 is 0. The van der Waals surface area contributed by atoms with E-state index in [4.69, 9.17) is 5.11 Å². The number of benzene rings is 1. The molecular formula is C16H21NO3. The van der Waals surface area contributed by atoms with Crippen LogP contribution in [0.1, 0.15) is 37.7 Å². The molecule has 1 aliphatic carbocycles. The van der Waals surface area contributed by atoms with E-state index >= 15 is 0 Å². The minimum atomic E-state index is -0.981. The minimum Gasteiger partial charge on any atom is -0.480 e. The van der Waals surface area contributed by atoms with Crippen LogP contribution in [0.5, 0.6) is 0 Å². The second-order valence-electron chi connectivity index (χ2n) is 5.56. The zero-order valence-electron chi connectivity index (χ0n) is 11.8. The van der Waals surface area contributed by atoms with Crippen LogP contribution in [-0.2, 0) is 9.59 Å². The van der Waals surface area contributed by atoms with Crippen molar-refractivity contribution >= 4 is 17.6 Å². The van der Waals surface area contributed by atoms with Gasteiger partial charge in [-0.05, 0) is 37.8 Å². The number of carboxylic acid groups (broad SMARTS) is 1. The van der Waals surface area contributed by atoms with Gasteiger partial charge in [-0.1, -0.05) is 30.5 Å². The molecule has 1 N–H and O–H groups in total. The van der Waals surface area contributed by atoms with E-state index in [2.05, 4.69) is 0 Å². The van der Waals surface area contributed by atoms with Gasteiger partial charge >= 0.3 is 5.97 Å². The summed E-state index contributed by atoms with van der Waals surface area (Å²) in [6.45, 7) is 1.69. The lowest BCUT2D eigenvalue weighted by Gasteiger charge is -2.22. The molecule has 0 spiro atoms. The molecule has 0 saturated heterocycles. The monoisotopic (exact) mass is 275 g/mol. The third-order valence-electron chi connectivity index (χ3n) is 3.88. The van der Waals surface area contributed by atoms with E-state index in [1.165, 1.54) is 17.7 Å². The molecule has 0 unspecified atom stereocenters. The van der Waals surface area contributed by atoms with Crippen LogP contribution in [0.2, 0.25) is 0 Å². The summed E-state index contributed by atoms with van der Waals surface area (Å²) in [6.07, 6.45) is 4.99. The van der Waals surface area contributed by atoms with Crippen molar-refractivity contribution < 1.29 is 14.7 Å². The number of rotatable bonds is 5. The topological polar surface area (TPSA) is 57.6 Å². The molecule has 0 heterocycles. The predicted molar refractivity (Wildman–Crippen MR) is 77.7 cm³/mol. The normalized spacial score (nSPS) is 15.2. The highest BCUT2D eigenvalue weighted by atomic mass is 16.4. The fourth-order valence-electron chi connectivity index (χ4n) is 2.76. The predicted octanol–water partition coefficient (Wildman–Crippen LogP) is 2.99. The minimum absolute atomic E-state index is 0.0804. The third-order valence-corrected chi connectivity index (χ3v) is 3.88. The lowest BCUT2D eigenvalue weighted by molar-refractivity contribution is -0.136. The van der Waals surface area contributed by atoms with Crippen LogP contribution in [0.15, 0.2) is 24.3 Å². The number of carbonyl (C=O) groups is 2. The highest BCUT2D eigenvalue weighted by Crippen LogP contribution is 2.29. The van der Waals surface area contributed by atoms with E-state index < -0.39 is 5.97 Å². The van der Waals surface area contributed by atoms with Gasteiger partial charge in [0.05, 0.1) is 0 Å². The van der Waals surface area contributed by atoms with Crippen LogP contribution in [-0.4, -0.2) is 23.5 Å². The number of aryl methyl sites for hydroxylation is 1. The molecule has 0 aliphatic heterocycles. The lowest BCUT2D eigenvalue weighted by atomic mass is 10.0. The van der Waals surface area contributed by atoms with Crippen molar-refractivity contribution in [1.29, 1.82) is 0 Å². The van der Waals surface area contributed by atoms with Crippen molar-refractivity contribution in [3.8, 4) is 0 Å². The molecule has 1 aliphatic rings. The smallest absolute Gasteiger partial charge is 0.323 e. The largest absolute Gasteiger partial charge is 0.480 e. The van der Waals surface area contributed by atoms with Crippen LogP contribution in [0.3, 0.4) is 0 Å². The van der Waals surface area contributed by atoms with Gasteiger partial charge < -0.3 is 10.0 Å². The average Bonchev–Trinajstić information content (AvgIpc) is 2.89. The van der Waals surface area contributed by atoms with Gasteiger partial charge in [-0.3, -0.25) is 9.59 Å². The van der Waals surface area contributed by atoms with Gasteiger partial charge in [-0.25, -0.2) is 0 Å². The highest BCUT2D eigenvalue weighted by molar-refractivity contribution is 5.97. The van der Waals surface area contributed by atoms with Crippen LogP contribution >= 0.6 is 0 Å². The molecule has 20 heavy (non-hydrogen) atoms. The summed E-state index contributed by atoms with van der Waals surface area (Å²) in [5, 5.41) is 9.02. The SMILES string of the molecule is Cc1ccc(N(CC(=O)O)C(=O)CC2CCCC2)cc1. The number of amides is 1. The Kier molecular flexibility index (Phi) is 4.77. The molecule has 0 radical (unpaired) electrons. The number of carboxylic acids is 1. The summed E-state index contributed by atoms with van der Waals surface area (Å²) in [5.74, 6) is -0.641. The van der Waals surface area contributed by atoms with E-state index in [0.29, 0.717) is 18.0 Å². The Labute approximate surface area is 119 Å². The highest BCUT2D eigenvalue weighted by Gasteiger charge is 2.24. The van der Waals surface area contributed by atoms with Crippen molar-refractivity contribution in [2.75, 3.05) is 11.4 Å². The van der Waals surface area contributed by atoms with E-state index in [9.17, 15) is 9.59 Å². The number of hydrogen-bond donors (Lipinski definition) is 1. The summed E-state index contributed by atoms with van der Waals surface area (Å²) in [5.41, 5.74) is 1.76. The maximum atomic E-state index is 12.4. The molecule has 4 nitrogen and oxygen atoms in total. The fraction of sp³-hybridized carbons (Fsp3) is 0.500. The maximum Gasteiger partial charge on any atom is 0.323 e. The molecule has 1 aromatic rings. The van der Waals surface area contributed by atoms with Gasteiger partial charge in [0.1, 0.15) is 6.54 Å². The number of anilines is 1. The van der Waals surface area contributed by atoms with Crippen molar-refractivity contribution in [3.05, 3.63) is 29.8 Å². The van der Waals surface area contributed by atoms with Gasteiger partial charge in [-0.15, -0.1) is 0 Å². The number of hydrogen-bond acceptors (Lipinski definition) is 2. The second-order valence-corrected chi connectivity index (χ2v) is 5.56. The molecule has 0 aromatic heterocycles. The van der Waals surface area contributed by atoms with Crippen LogP contribution in [0.25, 0.3) is 0 Å². The molecular weight excluding hydrogens is 254 g/mol. The van der Waals surface area contributed by atoms with Crippen LogP contribution in [0.4, 0.5) is 5.69 Å². The number of aliphatic carboxylic acids is 1. The van der Waals surface area contributed by atoms with Gasteiger partial charge in [0.2, 0.25) is 5.91 Å². The Morgan fingerprint density at radius 2 is 1.80 bits per heavy atom. The Bertz CT molecular complexity index is 475. The maximum absolute atomic E-state index is 12.4. The standard InChI is InChI=1S/C16H21NO3/c1-12-6-8-14(9-7-12)17(11-16(19)20)15(18)10-13-4-2-3-5-13/h6-9,13H,2-5,10-11H2,1H3,(H,19,20). The Morgan fingerprint density at radius 1 is 1.20 bits per heavy atom. The Hall–Kier alpha value is -1.84. The van der Waals surface area contributed by atoms with Crippen molar-refractivity contribution in [1.82, 2.24) is 0 Å². The van der Waals surface area contributed by atoms with Gasteiger partial charge in [-0.2, -0.15) is 0 Å². The average molecular weight is 275 g/mol. The van der Waals surface area contributed by atoms with E-state index in [-0.39, 0.29) is 12.5 Å². The quantitative estimate of drug-likeness (QED) is 0.898. The van der Waals surface area contributed by atoms with E-state index in [0.717, 1.165) is 18.4 Å².